The molecule has 122 valence electrons. The van der Waals surface area contributed by atoms with Crippen LogP contribution in [0, 0.1) is 11.6 Å². The maximum Gasteiger partial charge on any atom is 0.191 e. The molecule has 1 aliphatic rings. The Kier molecular flexibility index (Phi) is 4.22. The second-order valence-electron chi connectivity index (χ2n) is 5.45. The average molecular weight is 320 g/mol. The van der Waals surface area contributed by atoms with Crippen LogP contribution < -0.4 is 10.6 Å². The predicted octanol–water partition coefficient (Wildman–Crippen LogP) is 1.31. The number of nitrogens with one attached hydrogen (secondary N) is 2. The van der Waals surface area contributed by atoms with Gasteiger partial charge in [-0.1, -0.05) is 6.07 Å². The van der Waals surface area contributed by atoms with Crippen molar-refractivity contribution in [3.63, 3.8) is 0 Å². The summed E-state index contributed by atoms with van der Waals surface area (Å²) in [5, 5.41) is 10.3. The number of aromatic nitrogens is 3. The maximum absolute atomic E-state index is 13.8. The predicted molar refractivity (Wildman–Crippen MR) is 81.8 cm³/mol. The summed E-state index contributed by atoms with van der Waals surface area (Å²) < 4.78 is 29.2. The monoisotopic (exact) mass is 320 g/mol. The molecule has 1 heterocycles. The van der Waals surface area contributed by atoms with E-state index in [1.54, 1.807) is 18.8 Å². The summed E-state index contributed by atoms with van der Waals surface area (Å²) in [5.74, 6) is 0.157. The molecule has 1 aromatic heterocycles. The molecule has 1 aliphatic carbocycles. The molecule has 2 N–H and O–H groups in total. The molecule has 0 amide bonds. The molecular weight excluding hydrogens is 302 g/mol. The molecule has 6 nitrogen and oxygen atoms in total. The van der Waals surface area contributed by atoms with Gasteiger partial charge in [-0.3, -0.25) is 9.67 Å². The van der Waals surface area contributed by atoms with Crippen molar-refractivity contribution in [3.05, 3.63) is 47.5 Å². The van der Waals surface area contributed by atoms with Crippen LogP contribution in [0.25, 0.3) is 0 Å². The van der Waals surface area contributed by atoms with Crippen LogP contribution in [0.2, 0.25) is 0 Å². The van der Waals surface area contributed by atoms with Crippen molar-refractivity contribution in [2.75, 3.05) is 7.05 Å². The lowest BCUT2D eigenvalue weighted by Crippen LogP contribution is -2.39. The Labute approximate surface area is 132 Å². The van der Waals surface area contributed by atoms with Crippen LogP contribution in [0.15, 0.2) is 29.5 Å². The molecule has 2 aromatic rings. The molecule has 3 rings (SSSR count). The van der Waals surface area contributed by atoms with Crippen LogP contribution in [-0.4, -0.2) is 33.8 Å². The molecule has 0 saturated heterocycles. The highest BCUT2D eigenvalue weighted by Gasteiger charge is 2.42. The first-order valence-electron chi connectivity index (χ1n) is 7.34. The minimum absolute atomic E-state index is 0.0351. The smallest absolute Gasteiger partial charge is 0.191 e. The van der Waals surface area contributed by atoms with E-state index < -0.39 is 11.6 Å². The summed E-state index contributed by atoms with van der Waals surface area (Å²) >= 11 is 0. The van der Waals surface area contributed by atoms with E-state index in [1.165, 1.54) is 24.5 Å². The molecule has 1 saturated carbocycles. The average Bonchev–Trinajstić information content (AvgIpc) is 3.15. The third-order valence-corrected chi connectivity index (χ3v) is 3.93. The molecule has 23 heavy (non-hydrogen) atoms. The van der Waals surface area contributed by atoms with E-state index in [0.29, 0.717) is 18.9 Å². The number of guanidine groups is 1. The highest BCUT2D eigenvalue weighted by atomic mass is 19.1. The number of halogens is 2. The summed E-state index contributed by atoms with van der Waals surface area (Å²) in [5.41, 5.74) is 0.147. The Bertz CT molecular complexity index is 706. The van der Waals surface area contributed by atoms with Gasteiger partial charge in [-0.15, -0.1) is 0 Å². The summed E-state index contributed by atoms with van der Waals surface area (Å²) in [7, 11) is 3.45. The number of aryl methyl sites for hydroxylation is 1. The van der Waals surface area contributed by atoms with Crippen LogP contribution >= 0.6 is 0 Å². The van der Waals surface area contributed by atoms with Gasteiger partial charge in [-0.25, -0.2) is 13.8 Å². The lowest BCUT2D eigenvalue weighted by molar-refractivity contribution is 0.553. The van der Waals surface area contributed by atoms with E-state index in [-0.39, 0.29) is 17.5 Å². The first kappa shape index (κ1) is 15.4. The first-order valence-corrected chi connectivity index (χ1v) is 7.34. The highest BCUT2D eigenvalue weighted by Crippen LogP contribution is 2.42. The quantitative estimate of drug-likeness (QED) is 0.658. The number of aliphatic imine (C=N–C) groups is 1. The summed E-state index contributed by atoms with van der Waals surface area (Å²) in [4.78, 5) is 8.23. The molecule has 0 spiro atoms. The number of hydrogen-bond acceptors (Lipinski definition) is 3. The van der Waals surface area contributed by atoms with Gasteiger partial charge >= 0.3 is 0 Å². The van der Waals surface area contributed by atoms with E-state index in [4.69, 9.17) is 0 Å². The molecule has 2 atom stereocenters. The van der Waals surface area contributed by atoms with Crippen LogP contribution in [0.5, 0.6) is 0 Å². The molecule has 0 radical (unpaired) electrons. The molecular formula is C15H18F2N6. The van der Waals surface area contributed by atoms with E-state index in [9.17, 15) is 8.78 Å². The molecule has 0 aliphatic heterocycles. The fourth-order valence-corrected chi connectivity index (χ4v) is 2.55. The van der Waals surface area contributed by atoms with E-state index in [0.717, 1.165) is 5.82 Å². The molecule has 8 heteroatoms. The third-order valence-electron chi connectivity index (χ3n) is 3.93. The minimum atomic E-state index is -0.499. The largest absolute Gasteiger partial charge is 0.353 e. The van der Waals surface area contributed by atoms with Crippen molar-refractivity contribution in [3.8, 4) is 0 Å². The lowest BCUT2D eigenvalue weighted by atomic mass is 10.1. The second kappa shape index (κ2) is 6.31. The van der Waals surface area contributed by atoms with Crippen molar-refractivity contribution in [2.45, 2.75) is 24.9 Å². The fourth-order valence-electron chi connectivity index (χ4n) is 2.55. The van der Waals surface area contributed by atoms with Gasteiger partial charge in [-0.2, -0.15) is 5.10 Å². The van der Waals surface area contributed by atoms with Crippen molar-refractivity contribution in [1.82, 2.24) is 25.4 Å². The maximum atomic E-state index is 13.8. The van der Waals surface area contributed by atoms with Crippen molar-refractivity contribution >= 4 is 5.96 Å². The van der Waals surface area contributed by atoms with Crippen molar-refractivity contribution < 1.29 is 8.78 Å². The van der Waals surface area contributed by atoms with Crippen LogP contribution in [0.1, 0.15) is 23.7 Å². The van der Waals surface area contributed by atoms with Gasteiger partial charge in [0.25, 0.3) is 0 Å². The summed E-state index contributed by atoms with van der Waals surface area (Å²) in [6.45, 7) is 0.460. The van der Waals surface area contributed by atoms with E-state index in [1.807, 2.05) is 0 Å². The van der Waals surface area contributed by atoms with Crippen LogP contribution in [-0.2, 0) is 13.6 Å². The number of rotatable bonds is 4. The number of benzene rings is 1. The van der Waals surface area contributed by atoms with Gasteiger partial charge in [0.05, 0.1) is 6.54 Å². The SMILES string of the molecule is CN=C(NCc1ncnn1C)NC1CC1c1c(F)cccc1F. The third kappa shape index (κ3) is 3.30. The Morgan fingerprint density at radius 3 is 2.74 bits per heavy atom. The standard InChI is InChI=1S/C15H18F2N6/c1-18-15(19-7-13-20-8-21-23(13)2)22-12-6-9(12)14-10(16)4-3-5-11(14)17/h3-5,8-9,12H,6-7H2,1-2H3,(H2,18,19,22). The van der Waals surface area contributed by atoms with Crippen LogP contribution in [0.4, 0.5) is 8.78 Å². The highest BCUT2D eigenvalue weighted by molar-refractivity contribution is 5.80. The lowest BCUT2D eigenvalue weighted by Gasteiger charge is -2.12. The summed E-state index contributed by atoms with van der Waals surface area (Å²) in [6.07, 6.45) is 2.15. The molecule has 2 unspecified atom stereocenters. The van der Waals surface area contributed by atoms with Crippen LogP contribution in [0.3, 0.4) is 0 Å². The van der Waals surface area contributed by atoms with Gasteiger partial charge < -0.3 is 10.6 Å². The zero-order valence-electron chi connectivity index (χ0n) is 12.9. The van der Waals surface area contributed by atoms with Gasteiger partial charge in [0.1, 0.15) is 23.8 Å². The number of hydrogen-bond donors (Lipinski definition) is 2. The second-order valence-corrected chi connectivity index (χ2v) is 5.45. The van der Waals surface area contributed by atoms with E-state index >= 15 is 0 Å². The normalized spacial score (nSPS) is 20.4. The Balaban J connectivity index is 1.58. The van der Waals surface area contributed by atoms with Crippen molar-refractivity contribution in [2.24, 2.45) is 12.0 Å². The Hall–Kier alpha value is -2.51. The van der Waals surface area contributed by atoms with Gasteiger partial charge in [0, 0.05) is 31.6 Å². The first-order chi connectivity index (χ1) is 11.1. The molecule has 1 aromatic carbocycles. The Morgan fingerprint density at radius 2 is 2.13 bits per heavy atom. The van der Waals surface area contributed by atoms with E-state index in [2.05, 4.69) is 25.7 Å². The fraction of sp³-hybridized carbons (Fsp3) is 0.400. The zero-order valence-corrected chi connectivity index (χ0v) is 12.9. The Morgan fingerprint density at radius 1 is 1.39 bits per heavy atom. The summed E-state index contributed by atoms with van der Waals surface area (Å²) in [6, 6.07) is 3.91. The van der Waals surface area contributed by atoms with Gasteiger partial charge in [0.2, 0.25) is 0 Å². The number of nitrogens with zero attached hydrogens (tertiary/aromatic N) is 4. The molecule has 0 bridgehead atoms. The van der Waals surface area contributed by atoms with Gasteiger partial charge in [-0.05, 0) is 18.6 Å². The minimum Gasteiger partial charge on any atom is -0.353 e. The topological polar surface area (TPSA) is 67.1 Å². The van der Waals surface area contributed by atoms with Crippen molar-refractivity contribution in [1.29, 1.82) is 0 Å². The van der Waals surface area contributed by atoms with Gasteiger partial charge in [0.15, 0.2) is 5.96 Å². The molecule has 1 fully saturated rings. The zero-order chi connectivity index (χ0) is 16.4.